The SMILES string of the molecule is CC(C)(C)OC(=O)N1CCC(Nc2cc(NC(=O)c3ccc(C(C)(C)C)cc3)ccc2C(N)=O)CC1. The molecule has 1 aliphatic heterocycles. The number of nitrogens with two attached hydrogens (primary N) is 1. The molecule has 2 aromatic rings. The summed E-state index contributed by atoms with van der Waals surface area (Å²) in [5.41, 5.74) is 8.21. The Morgan fingerprint density at radius 2 is 1.56 bits per heavy atom. The molecule has 0 atom stereocenters. The number of anilines is 2. The summed E-state index contributed by atoms with van der Waals surface area (Å²) >= 11 is 0. The smallest absolute Gasteiger partial charge is 0.410 e. The standard InChI is InChI=1S/C28H38N4O4/c1-27(2,3)19-9-7-18(8-10-19)25(34)31-21-11-12-22(24(29)33)23(17-21)30-20-13-15-32(16-14-20)26(35)36-28(4,5)6/h7-12,17,20,30H,13-16H2,1-6H3,(H2,29,33)(H,31,34). The zero-order valence-electron chi connectivity index (χ0n) is 22.1. The van der Waals surface area contributed by atoms with Crippen LogP contribution in [0.25, 0.3) is 0 Å². The van der Waals surface area contributed by atoms with E-state index >= 15 is 0 Å². The van der Waals surface area contributed by atoms with Gasteiger partial charge in [0.1, 0.15) is 5.60 Å². The molecule has 36 heavy (non-hydrogen) atoms. The lowest BCUT2D eigenvalue weighted by atomic mass is 9.87. The molecule has 0 unspecified atom stereocenters. The average Bonchev–Trinajstić information content (AvgIpc) is 2.78. The fourth-order valence-electron chi connectivity index (χ4n) is 4.03. The average molecular weight is 495 g/mol. The highest BCUT2D eigenvalue weighted by Gasteiger charge is 2.27. The maximum atomic E-state index is 12.8. The Hall–Kier alpha value is -3.55. The van der Waals surface area contributed by atoms with Crippen LogP contribution in [0.1, 0.15) is 80.7 Å². The van der Waals surface area contributed by atoms with E-state index in [1.807, 2.05) is 45.0 Å². The minimum Gasteiger partial charge on any atom is -0.444 e. The maximum absolute atomic E-state index is 12.8. The third-order valence-corrected chi connectivity index (χ3v) is 6.06. The van der Waals surface area contributed by atoms with Gasteiger partial charge in [0.25, 0.3) is 11.8 Å². The van der Waals surface area contributed by atoms with Crippen molar-refractivity contribution in [2.75, 3.05) is 23.7 Å². The van der Waals surface area contributed by atoms with Gasteiger partial charge in [0.15, 0.2) is 0 Å². The molecule has 1 saturated heterocycles. The summed E-state index contributed by atoms with van der Waals surface area (Å²) in [6, 6.07) is 12.6. The molecule has 0 bridgehead atoms. The van der Waals surface area contributed by atoms with Gasteiger partial charge in [-0.25, -0.2) is 4.79 Å². The van der Waals surface area contributed by atoms with Crippen molar-refractivity contribution in [3.8, 4) is 0 Å². The minimum absolute atomic E-state index is 0.00320. The number of amides is 3. The van der Waals surface area contributed by atoms with Gasteiger partial charge in [0, 0.05) is 36.1 Å². The highest BCUT2D eigenvalue weighted by Crippen LogP contribution is 2.26. The molecule has 0 radical (unpaired) electrons. The number of likely N-dealkylation sites (tertiary alicyclic amines) is 1. The number of ether oxygens (including phenoxy) is 1. The normalized spacial score (nSPS) is 14.8. The number of rotatable bonds is 5. The van der Waals surface area contributed by atoms with Gasteiger partial charge >= 0.3 is 6.09 Å². The first-order valence-corrected chi connectivity index (χ1v) is 12.3. The number of hydrogen-bond donors (Lipinski definition) is 3. The van der Waals surface area contributed by atoms with Gasteiger partial charge in [0.2, 0.25) is 0 Å². The number of hydrogen-bond acceptors (Lipinski definition) is 5. The zero-order chi connectivity index (χ0) is 26.7. The topological polar surface area (TPSA) is 114 Å². The van der Waals surface area contributed by atoms with Gasteiger partial charge in [-0.3, -0.25) is 9.59 Å². The van der Waals surface area contributed by atoms with E-state index in [4.69, 9.17) is 10.5 Å². The van der Waals surface area contributed by atoms with E-state index in [1.165, 1.54) is 0 Å². The summed E-state index contributed by atoms with van der Waals surface area (Å²) in [4.78, 5) is 38.9. The molecule has 0 spiro atoms. The van der Waals surface area contributed by atoms with Crippen LogP contribution in [0.3, 0.4) is 0 Å². The van der Waals surface area contributed by atoms with E-state index in [-0.39, 0.29) is 23.5 Å². The molecule has 0 saturated carbocycles. The molecule has 8 heteroatoms. The van der Waals surface area contributed by atoms with Gasteiger partial charge < -0.3 is 26.0 Å². The first kappa shape index (κ1) is 27.0. The summed E-state index contributed by atoms with van der Waals surface area (Å²) < 4.78 is 5.46. The summed E-state index contributed by atoms with van der Waals surface area (Å²) in [5.74, 6) is -0.793. The molecule has 2 aromatic carbocycles. The van der Waals surface area contributed by atoms with E-state index < -0.39 is 11.5 Å². The van der Waals surface area contributed by atoms with Crippen LogP contribution >= 0.6 is 0 Å². The van der Waals surface area contributed by atoms with Crippen LogP contribution in [0.2, 0.25) is 0 Å². The second-order valence-electron chi connectivity index (χ2n) is 11.3. The molecule has 1 aliphatic rings. The van der Waals surface area contributed by atoms with E-state index in [9.17, 15) is 14.4 Å². The third-order valence-electron chi connectivity index (χ3n) is 6.06. The number of benzene rings is 2. The predicted molar refractivity (Wildman–Crippen MR) is 143 cm³/mol. The second-order valence-corrected chi connectivity index (χ2v) is 11.3. The molecule has 194 valence electrons. The maximum Gasteiger partial charge on any atom is 0.410 e. The Balaban J connectivity index is 1.67. The lowest BCUT2D eigenvalue weighted by molar-refractivity contribution is 0.0210. The Morgan fingerprint density at radius 3 is 2.08 bits per heavy atom. The van der Waals surface area contributed by atoms with E-state index in [0.717, 1.165) is 5.56 Å². The molecular weight excluding hydrogens is 456 g/mol. The van der Waals surface area contributed by atoms with Crippen LogP contribution in [-0.2, 0) is 10.2 Å². The van der Waals surface area contributed by atoms with Crippen molar-refractivity contribution >= 4 is 29.3 Å². The Labute approximate surface area is 213 Å². The summed E-state index contributed by atoms with van der Waals surface area (Å²) in [7, 11) is 0. The van der Waals surface area contributed by atoms with Gasteiger partial charge in [-0.1, -0.05) is 32.9 Å². The molecule has 4 N–H and O–H groups in total. The van der Waals surface area contributed by atoms with Crippen molar-refractivity contribution < 1.29 is 19.1 Å². The number of carbonyl (C=O) groups excluding carboxylic acids is 3. The van der Waals surface area contributed by atoms with Crippen molar-refractivity contribution in [1.29, 1.82) is 0 Å². The van der Waals surface area contributed by atoms with E-state index in [2.05, 4.69) is 31.4 Å². The first-order chi connectivity index (χ1) is 16.7. The first-order valence-electron chi connectivity index (χ1n) is 12.3. The highest BCUT2D eigenvalue weighted by atomic mass is 16.6. The number of nitrogens with zero attached hydrogens (tertiary/aromatic N) is 1. The van der Waals surface area contributed by atoms with Crippen molar-refractivity contribution in [3.63, 3.8) is 0 Å². The monoisotopic (exact) mass is 494 g/mol. The van der Waals surface area contributed by atoms with Crippen LogP contribution < -0.4 is 16.4 Å². The Kier molecular flexibility index (Phi) is 7.96. The third kappa shape index (κ3) is 7.23. The predicted octanol–water partition coefficient (Wildman–Crippen LogP) is 5.15. The zero-order valence-corrected chi connectivity index (χ0v) is 22.1. The molecule has 3 rings (SSSR count). The van der Waals surface area contributed by atoms with Crippen molar-refractivity contribution in [2.24, 2.45) is 5.73 Å². The fourth-order valence-corrected chi connectivity index (χ4v) is 4.03. The Morgan fingerprint density at radius 1 is 0.944 bits per heavy atom. The second kappa shape index (κ2) is 10.6. The van der Waals surface area contributed by atoms with E-state index in [1.54, 1.807) is 23.1 Å². The van der Waals surface area contributed by atoms with Gasteiger partial charge in [-0.15, -0.1) is 0 Å². The minimum atomic E-state index is -0.556. The van der Waals surface area contributed by atoms with Crippen molar-refractivity contribution in [3.05, 3.63) is 59.2 Å². The summed E-state index contributed by atoms with van der Waals surface area (Å²) in [6.07, 6.45) is 1.06. The lowest BCUT2D eigenvalue weighted by Crippen LogP contribution is -2.44. The molecule has 3 amide bonds. The largest absolute Gasteiger partial charge is 0.444 e. The number of nitrogens with one attached hydrogen (secondary N) is 2. The van der Waals surface area contributed by atoms with E-state index in [0.29, 0.717) is 48.4 Å². The van der Waals surface area contributed by atoms with Crippen molar-refractivity contribution in [2.45, 2.75) is 71.4 Å². The molecule has 1 fully saturated rings. The summed E-state index contributed by atoms with van der Waals surface area (Å²) in [5, 5.41) is 6.29. The number of piperidine rings is 1. The van der Waals surface area contributed by atoms with Gasteiger partial charge in [0.05, 0.1) is 5.56 Å². The van der Waals surface area contributed by atoms with Gasteiger partial charge in [-0.05, 0) is 74.9 Å². The lowest BCUT2D eigenvalue weighted by Gasteiger charge is -2.34. The van der Waals surface area contributed by atoms with Crippen LogP contribution in [0, 0.1) is 0 Å². The van der Waals surface area contributed by atoms with Crippen LogP contribution in [0.4, 0.5) is 16.2 Å². The quantitative estimate of drug-likeness (QED) is 0.532. The van der Waals surface area contributed by atoms with Gasteiger partial charge in [-0.2, -0.15) is 0 Å². The fraction of sp³-hybridized carbons (Fsp3) is 0.464. The van der Waals surface area contributed by atoms with Crippen molar-refractivity contribution in [1.82, 2.24) is 4.90 Å². The molecule has 0 aliphatic carbocycles. The van der Waals surface area contributed by atoms with Crippen LogP contribution in [0.5, 0.6) is 0 Å². The number of carbonyl (C=O) groups is 3. The highest BCUT2D eigenvalue weighted by molar-refractivity contribution is 6.05. The molecular formula is C28H38N4O4. The molecule has 1 heterocycles. The Bertz CT molecular complexity index is 1110. The van der Waals surface area contributed by atoms with Crippen LogP contribution in [0.15, 0.2) is 42.5 Å². The van der Waals surface area contributed by atoms with Crippen LogP contribution in [-0.4, -0.2) is 47.5 Å². The molecule has 8 nitrogen and oxygen atoms in total. The number of primary amides is 1. The summed E-state index contributed by atoms with van der Waals surface area (Å²) in [6.45, 7) is 13.0. The molecule has 0 aromatic heterocycles.